The zero-order valence-corrected chi connectivity index (χ0v) is 20.8. The third-order valence-electron chi connectivity index (χ3n) is 6.67. The van der Waals surface area contributed by atoms with Crippen molar-refractivity contribution in [3.8, 4) is 11.3 Å². The van der Waals surface area contributed by atoms with Crippen LogP contribution in [-0.4, -0.2) is 53.2 Å². The quantitative estimate of drug-likeness (QED) is 0.429. The van der Waals surface area contributed by atoms with Crippen LogP contribution in [0.5, 0.6) is 0 Å². The smallest absolute Gasteiger partial charge is 0.228 e. The monoisotopic (exact) mass is 500 g/mol. The summed E-state index contributed by atoms with van der Waals surface area (Å²) in [5.74, 6) is 2.06. The maximum absolute atomic E-state index is 13.6. The van der Waals surface area contributed by atoms with Crippen LogP contribution in [0.2, 0.25) is 10.2 Å². The minimum atomic E-state index is -0.260. The Morgan fingerprint density at radius 3 is 2.38 bits per heavy atom. The van der Waals surface area contributed by atoms with Crippen LogP contribution in [0.3, 0.4) is 0 Å². The topological polar surface area (TPSA) is 48.4 Å². The highest BCUT2D eigenvalue weighted by Crippen LogP contribution is 2.32. The molecule has 0 aliphatic carbocycles. The van der Waals surface area contributed by atoms with Crippen LogP contribution < -0.4 is 14.7 Å². The summed E-state index contributed by atoms with van der Waals surface area (Å²) in [6.07, 6.45) is 2.26. The zero-order chi connectivity index (χ0) is 23.8. The van der Waals surface area contributed by atoms with Gasteiger partial charge in [0, 0.05) is 49.9 Å². The molecule has 2 aliphatic heterocycles. The summed E-state index contributed by atoms with van der Waals surface area (Å²) in [6, 6.07) is 12.5. The lowest BCUT2D eigenvalue weighted by Crippen LogP contribution is -2.52. The molecule has 0 radical (unpaired) electrons. The highest BCUT2D eigenvalue weighted by Gasteiger charge is 2.29. The van der Waals surface area contributed by atoms with Crippen LogP contribution in [0.1, 0.15) is 26.7 Å². The molecule has 2 aromatic heterocycles. The van der Waals surface area contributed by atoms with E-state index in [0.717, 1.165) is 62.0 Å². The van der Waals surface area contributed by atoms with Crippen LogP contribution in [0.15, 0.2) is 42.5 Å². The van der Waals surface area contributed by atoms with E-state index in [2.05, 4.69) is 33.5 Å². The molecule has 2 saturated heterocycles. The van der Waals surface area contributed by atoms with Gasteiger partial charge in [0.05, 0.1) is 10.7 Å². The summed E-state index contributed by atoms with van der Waals surface area (Å²) in [5.41, 5.74) is 1.67. The lowest BCUT2D eigenvalue weighted by molar-refractivity contribution is 0.542. The van der Waals surface area contributed by atoms with Crippen molar-refractivity contribution in [3.63, 3.8) is 0 Å². The molecular formula is C25H27Cl2FN6. The molecule has 0 saturated carbocycles. The van der Waals surface area contributed by atoms with E-state index in [4.69, 9.17) is 33.2 Å². The van der Waals surface area contributed by atoms with E-state index in [1.807, 2.05) is 6.07 Å². The number of piperazine rings is 1. The first-order chi connectivity index (χ1) is 16.4. The third kappa shape index (κ3) is 4.64. The van der Waals surface area contributed by atoms with Gasteiger partial charge in [0.15, 0.2) is 0 Å². The lowest BCUT2D eigenvalue weighted by Gasteiger charge is -2.41. The number of hydrogen-bond donors (Lipinski definition) is 0. The molecule has 0 bridgehead atoms. The number of aromatic nitrogens is 3. The number of anilines is 3. The van der Waals surface area contributed by atoms with Gasteiger partial charge in [-0.15, -0.1) is 0 Å². The van der Waals surface area contributed by atoms with Crippen LogP contribution in [0.4, 0.5) is 22.0 Å². The molecule has 34 heavy (non-hydrogen) atoms. The second-order valence-electron chi connectivity index (χ2n) is 9.03. The molecule has 2 aliphatic rings. The van der Waals surface area contributed by atoms with Gasteiger partial charge in [-0.2, -0.15) is 4.98 Å². The van der Waals surface area contributed by atoms with Gasteiger partial charge in [0.1, 0.15) is 22.6 Å². The molecule has 178 valence electrons. The highest BCUT2D eigenvalue weighted by atomic mass is 35.5. The van der Waals surface area contributed by atoms with Gasteiger partial charge in [-0.1, -0.05) is 23.2 Å². The molecule has 0 amide bonds. The number of nitrogens with zero attached hydrogens (tertiary/aromatic N) is 6. The molecule has 0 spiro atoms. The summed E-state index contributed by atoms with van der Waals surface area (Å²) < 4.78 is 13.6. The normalized spacial score (nSPS) is 20.8. The number of rotatable bonds is 4. The summed E-state index contributed by atoms with van der Waals surface area (Å²) >= 11 is 12.5. The highest BCUT2D eigenvalue weighted by molar-refractivity contribution is 6.34. The van der Waals surface area contributed by atoms with Gasteiger partial charge < -0.3 is 14.7 Å². The lowest BCUT2D eigenvalue weighted by atomic mass is 10.1. The first-order valence-electron chi connectivity index (χ1n) is 11.6. The standard InChI is InChI=1S/C25H27Cl2FN6/c1-16-4-3-11-34(16)25-29-21(18-5-7-19(28)8-6-18)14-23(31-25)33-13-12-32(15-17(33)2)24-20(26)9-10-22(27)30-24/h5-10,14,16-17H,3-4,11-13,15H2,1-2H3/t16?,17-/m1/s1. The average molecular weight is 501 g/mol. The van der Waals surface area contributed by atoms with Crippen LogP contribution in [0.25, 0.3) is 11.3 Å². The number of pyridine rings is 1. The van der Waals surface area contributed by atoms with E-state index in [0.29, 0.717) is 22.0 Å². The van der Waals surface area contributed by atoms with Crippen LogP contribution in [0, 0.1) is 5.82 Å². The molecule has 2 atom stereocenters. The third-order valence-corrected chi connectivity index (χ3v) is 7.17. The first kappa shape index (κ1) is 23.1. The van der Waals surface area contributed by atoms with Gasteiger partial charge in [0.2, 0.25) is 5.95 Å². The molecule has 5 rings (SSSR count). The fourth-order valence-corrected chi connectivity index (χ4v) is 5.18. The van der Waals surface area contributed by atoms with Gasteiger partial charge in [-0.05, 0) is 63.1 Å². The second kappa shape index (κ2) is 9.55. The van der Waals surface area contributed by atoms with E-state index in [9.17, 15) is 4.39 Å². The van der Waals surface area contributed by atoms with Crippen molar-refractivity contribution in [1.29, 1.82) is 0 Å². The minimum absolute atomic E-state index is 0.158. The fourth-order valence-electron chi connectivity index (χ4n) is 4.82. The van der Waals surface area contributed by atoms with Crippen molar-refractivity contribution < 1.29 is 4.39 Å². The Kier molecular flexibility index (Phi) is 6.49. The first-order valence-corrected chi connectivity index (χ1v) is 12.4. The van der Waals surface area contributed by atoms with Crippen molar-refractivity contribution in [2.45, 2.75) is 38.8 Å². The Morgan fingerprint density at radius 2 is 1.68 bits per heavy atom. The zero-order valence-electron chi connectivity index (χ0n) is 19.3. The SMILES string of the molecule is CC1CCCN1c1nc(-c2ccc(F)cc2)cc(N2CCN(c3nc(Cl)ccc3Cl)C[C@H]2C)n1. The maximum Gasteiger partial charge on any atom is 0.228 e. The van der Waals surface area contributed by atoms with Gasteiger partial charge in [0.25, 0.3) is 0 Å². The van der Waals surface area contributed by atoms with Crippen molar-refractivity contribution in [2.75, 3.05) is 40.9 Å². The number of halogens is 3. The van der Waals surface area contributed by atoms with E-state index < -0.39 is 0 Å². The maximum atomic E-state index is 13.6. The van der Waals surface area contributed by atoms with Gasteiger partial charge in [-0.25, -0.2) is 14.4 Å². The molecule has 1 aromatic carbocycles. The van der Waals surface area contributed by atoms with Crippen LogP contribution >= 0.6 is 23.2 Å². The fraction of sp³-hybridized carbons (Fsp3) is 0.400. The van der Waals surface area contributed by atoms with Crippen molar-refractivity contribution in [1.82, 2.24) is 15.0 Å². The molecule has 6 nitrogen and oxygen atoms in total. The van der Waals surface area contributed by atoms with Gasteiger partial charge >= 0.3 is 0 Å². The summed E-state index contributed by atoms with van der Waals surface area (Å²) in [6.45, 7) is 7.55. The van der Waals surface area contributed by atoms with Crippen molar-refractivity contribution >= 4 is 40.8 Å². The summed E-state index contributed by atoms with van der Waals surface area (Å²) in [7, 11) is 0. The average Bonchev–Trinajstić information content (AvgIpc) is 3.26. The molecule has 4 heterocycles. The summed E-state index contributed by atoms with van der Waals surface area (Å²) in [4.78, 5) is 21.1. The van der Waals surface area contributed by atoms with E-state index >= 15 is 0 Å². The van der Waals surface area contributed by atoms with Gasteiger partial charge in [-0.3, -0.25) is 0 Å². The second-order valence-corrected chi connectivity index (χ2v) is 9.83. The van der Waals surface area contributed by atoms with Crippen LogP contribution in [-0.2, 0) is 0 Å². The predicted octanol–water partition coefficient (Wildman–Crippen LogP) is 5.69. The Morgan fingerprint density at radius 1 is 0.882 bits per heavy atom. The largest absolute Gasteiger partial charge is 0.352 e. The number of hydrogen-bond acceptors (Lipinski definition) is 6. The molecule has 1 unspecified atom stereocenters. The Labute approximate surface area is 209 Å². The summed E-state index contributed by atoms with van der Waals surface area (Å²) in [5, 5.41) is 1.02. The van der Waals surface area contributed by atoms with Crippen molar-refractivity contribution in [3.05, 3.63) is 58.5 Å². The minimum Gasteiger partial charge on any atom is -0.352 e. The van der Waals surface area contributed by atoms with E-state index in [1.54, 1.807) is 24.3 Å². The Bertz CT molecular complexity index is 1170. The molecule has 0 N–H and O–H groups in total. The van der Waals surface area contributed by atoms with E-state index in [-0.39, 0.29) is 11.9 Å². The van der Waals surface area contributed by atoms with Crippen molar-refractivity contribution in [2.24, 2.45) is 0 Å². The Hall–Kier alpha value is -2.64. The Balaban J connectivity index is 1.47. The molecule has 9 heteroatoms. The number of benzene rings is 1. The molecular weight excluding hydrogens is 474 g/mol. The van der Waals surface area contributed by atoms with E-state index in [1.165, 1.54) is 12.1 Å². The molecule has 3 aromatic rings. The predicted molar refractivity (Wildman–Crippen MR) is 137 cm³/mol. The molecule has 2 fully saturated rings.